The summed E-state index contributed by atoms with van der Waals surface area (Å²) in [5.74, 6) is 0. The number of rotatable bonds is 2. The first-order valence-corrected chi connectivity index (χ1v) is 24.2. The maximum absolute atomic E-state index is 3.44. The first-order valence-electron chi connectivity index (χ1n) is 18.4. The van der Waals surface area contributed by atoms with Crippen LogP contribution < -0.4 is 35.2 Å². The molecule has 0 saturated carbocycles. The molecule has 2 aliphatic carbocycles. The molecular weight excluding hydrogens is 775 g/mol. The monoisotopic (exact) mass is 834 g/mol. The average Bonchev–Trinajstić information content (AvgIpc) is 3.74. The van der Waals surface area contributed by atoms with Crippen LogP contribution in [0.4, 0.5) is 0 Å². The number of hydrogen-bond acceptors (Lipinski definition) is 0. The maximum Gasteiger partial charge on any atom is 2.00 e. The zero-order valence-electron chi connectivity index (χ0n) is 33.9. The van der Waals surface area contributed by atoms with E-state index in [0.717, 1.165) is 0 Å². The molecule has 0 atom stereocenters. The third kappa shape index (κ3) is 10.3. The molecule has 2 saturated heterocycles. The Kier molecular flexibility index (Phi) is 18.2. The van der Waals surface area contributed by atoms with E-state index in [1.165, 1.54) is 92.0 Å². The molecule has 6 heteroatoms. The summed E-state index contributed by atoms with van der Waals surface area (Å²) in [6.45, 7) is 26.9. The van der Waals surface area contributed by atoms with Gasteiger partial charge in [0.2, 0.25) is 0 Å². The van der Waals surface area contributed by atoms with Gasteiger partial charge in [-0.25, -0.2) is 11.1 Å². The van der Waals surface area contributed by atoms with Gasteiger partial charge in [0, 0.05) is 16.1 Å². The molecule has 4 aromatic carbocycles. The fourth-order valence-electron chi connectivity index (χ4n) is 8.12. The molecule has 0 aromatic heterocycles. The minimum atomic E-state index is -0.985. The quantitative estimate of drug-likeness (QED) is 0.156. The molecule has 4 aliphatic rings. The Bertz CT molecular complexity index is 1780. The van der Waals surface area contributed by atoms with Crippen molar-refractivity contribution >= 4 is 48.1 Å². The van der Waals surface area contributed by atoms with E-state index in [9.17, 15) is 0 Å². The Hall–Kier alpha value is -0.938. The van der Waals surface area contributed by atoms with Crippen molar-refractivity contribution in [2.24, 2.45) is 10.8 Å². The van der Waals surface area contributed by atoms with E-state index in [1.807, 2.05) is 0 Å². The minimum absolute atomic E-state index is 0. The molecule has 0 radical (unpaired) electrons. The van der Waals surface area contributed by atoms with Crippen molar-refractivity contribution < 1.29 is 68.2 Å². The zero-order valence-corrected chi connectivity index (χ0v) is 40.6. The number of halogens is 2. The number of hydrogen-bond donors (Lipinski definition) is 0. The van der Waals surface area contributed by atoms with Gasteiger partial charge >= 0.3 is 43.4 Å². The summed E-state index contributed by atoms with van der Waals surface area (Å²) in [5.41, 5.74) is 8.79. The van der Waals surface area contributed by atoms with Crippen LogP contribution in [0.5, 0.6) is 0 Å². The second-order valence-electron chi connectivity index (χ2n) is 16.7. The van der Waals surface area contributed by atoms with E-state index in [0.29, 0.717) is 0 Å². The Labute approximate surface area is 361 Å². The van der Waals surface area contributed by atoms with Crippen LogP contribution in [0.3, 0.4) is 0 Å². The first-order chi connectivity index (χ1) is 22.5. The SMILES string of the molecule is CC1=[C-]C(C)(C)C(C)=C1C.CC1=[C-]C(C)(C)C(C)=C1C.C[Si]1([c-]2ccc3ccccc32)CCC1.C[Si]1([c-]2ccc3ccccc32)CCC1.[Cl-].[Cl-].[Ti+2].[Ti+2]. The summed E-state index contributed by atoms with van der Waals surface area (Å²) < 4.78 is 0. The second kappa shape index (κ2) is 19.3. The van der Waals surface area contributed by atoms with E-state index in [-0.39, 0.29) is 79.1 Å². The van der Waals surface area contributed by atoms with Crippen LogP contribution in [0.1, 0.15) is 82.1 Å². The first kappa shape index (κ1) is 49.1. The molecule has 4 aromatic rings. The Morgan fingerprint density at radius 2 is 0.827 bits per heavy atom. The molecular formula is C46H60Cl2Si2Ti2-2. The maximum atomic E-state index is 3.44. The summed E-state index contributed by atoms with van der Waals surface area (Å²) in [7, 11) is -1.97. The predicted octanol–water partition coefficient (Wildman–Crippen LogP) is 6.72. The van der Waals surface area contributed by atoms with Gasteiger partial charge in [0.15, 0.2) is 0 Å². The molecule has 0 N–H and O–H groups in total. The predicted molar refractivity (Wildman–Crippen MR) is 219 cm³/mol. The molecule has 52 heavy (non-hydrogen) atoms. The van der Waals surface area contributed by atoms with Crippen molar-refractivity contribution in [3.8, 4) is 0 Å². The van der Waals surface area contributed by atoms with Crippen LogP contribution in [0, 0.1) is 23.0 Å². The topological polar surface area (TPSA) is 0 Å². The average molecular weight is 836 g/mol. The van der Waals surface area contributed by atoms with Gasteiger partial charge in [0.05, 0.1) is 0 Å². The van der Waals surface area contributed by atoms with Gasteiger partial charge in [-0.05, 0) is 0 Å². The Morgan fingerprint density at radius 3 is 1.04 bits per heavy atom. The normalized spacial score (nSPS) is 19.5. The van der Waals surface area contributed by atoms with Gasteiger partial charge < -0.3 is 24.8 Å². The van der Waals surface area contributed by atoms with Crippen molar-refractivity contribution in [1.29, 1.82) is 0 Å². The van der Waals surface area contributed by atoms with Crippen molar-refractivity contribution in [3.63, 3.8) is 0 Å². The van der Waals surface area contributed by atoms with Gasteiger partial charge in [-0.2, -0.15) is 46.6 Å². The summed E-state index contributed by atoms with van der Waals surface area (Å²) in [6.07, 6.45) is 9.79. The Balaban J connectivity index is 0.000000343. The molecule has 0 unspecified atom stereocenters. The summed E-state index contributed by atoms with van der Waals surface area (Å²) >= 11 is 0. The van der Waals surface area contributed by atoms with Gasteiger partial charge in [-0.3, -0.25) is 12.2 Å². The Morgan fingerprint density at radius 1 is 0.519 bits per heavy atom. The van der Waals surface area contributed by atoms with Crippen LogP contribution in [0.25, 0.3) is 21.5 Å². The smallest absolute Gasteiger partial charge is 1.00 e. The largest absolute Gasteiger partial charge is 2.00 e. The van der Waals surface area contributed by atoms with Crippen molar-refractivity contribution in [1.82, 2.24) is 0 Å². The van der Waals surface area contributed by atoms with Crippen LogP contribution >= 0.6 is 0 Å². The van der Waals surface area contributed by atoms with E-state index < -0.39 is 16.1 Å². The standard InChI is InChI=1S/2C13H15Si.2C10H15.2ClH.2Ti/c2*1-14(9-4-10-14)13-8-7-11-5-2-3-6-12(11)13;2*1-7-6-10(4,5)9(3)8(7)2;;;;/h2*2-3,5-8H,4,9-10H2,1H3;2*1-5H3;2*1H;;/q4*-1;;;2*+2/p-2. The molecule has 0 spiro atoms. The molecule has 0 amide bonds. The second-order valence-corrected chi connectivity index (χ2v) is 26.1. The molecule has 276 valence electrons. The van der Waals surface area contributed by atoms with E-state index in [4.69, 9.17) is 0 Å². The number of fused-ring (bicyclic) bond motifs is 2. The van der Waals surface area contributed by atoms with Gasteiger partial charge in [-0.15, -0.1) is 82.2 Å². The van der Waals surface area contributed by atoms with Crippen molar-refractivity contribution in [2.45, 2.75) is 119 Å². The van der Waals surface area contributed by atoms with E-state index >= 15 is 0 Å². The molecule has 2 aliphatic heterocycles. The van der Waals surface area contributed by atoms with Crippen molar-refractivity contribution in [2.75, 3.05) is 0 Å². The minimum Gasteiger partial charge on any atom is -1.00 e. The fourth-order valence-corrected chi connectivity index (χ4v) is 14.8. The van der Waals surface area contributed by atoms with E-state index in [2.05, 4.69) is 167 Å². The van der Waals surface area contributed by atoms with Crippen LogP contribution in [0.2, 0.25) is 37.3 Å². The molecule has 0 nitrogen and oxygen atoms in total. The molecule has 2 fully saturated rings. The third-order valence-corrected chi connectivity index (χ3v) is 22.0. The van der Waals surface area contributed by atoms with Crippen LogP contribution in [0.15, 0.2) is 106 Å². The zero-order chi connectivity index (χ0) is 35.1. The van der Waals surface area contributed by atoms with E-state index in [1.54, 1.807) is 10.4 Å². The van der Waals surface area contributed by atoms with Crippen LogP contribution in [-0.4, -0.2) is 16.1 Å². The summed E-state index contributed by atoms with van der Waals surface area (Å²) in [5, 5.41) is 9.34. The molecule has 2 heterocycles. The molecule has 0 bridgehead atoms. The summed E-state index contributed by atoms with van der Waals surface area (Å²) in [4.78, 5) is 0. The number of allylic oxidation sites excluding steroid dienone is 8. The van der Waals surface area contributed by atoms with Gasteiger partial charge in [0.1, 0.15) is 0 Å². The van der Waals surface area contributed by atoms with Crippen LogP contribution in [-0.2, 0) is 43.4 Å². The van der Waals surface area contributed by atoms with Crippen molar-refractivity contribution in [3.05, 3.63) is 118 Å². The number of benzene rings is 2. The molecule has 8 rings (SSSR count). The third-order valence-electron chi connectivity index (χ3n) is 12.7. The van der Waals surface area contributed by atoms with Gasteiger partial charge in [0.25, 0.3) is 0 Å². The fraction of sp³-hybridized carbons (Fsp3) is 0.435. The summed E-state index contributed by atoms with van der Waals surface area (Å²) in [6, 6.07) is 33.0. The van der Waals surface area contributed by atoms with Gasteiger partial charge in [-0.1, -0.05) is 128 Å².